The van der Waals surface area contributed by atoms with Crippen molar-refractivity contribution in [1.29, 1.82) is 0 Å². The molecule has 1 amide bonds. The molecule has 19 nitrogen and oxygen atoms in total. The second-order valence-electron chi connectivity index (χ2n) is 29.6. The Kier molecular flexibility index (Phi) is 59.8. The van der Waals surface area contributed by atoms with Crippen molar-refractivity contribution < 1.29 is 89.4 Å². The zero-order chi connectivity index (χ0) is 76.0. The minimum absolute atomic E-state index is 0.242. The monoisotopic (exact) mass is 1490 g/mol. The van der Waals surface area contributed by atoms with Gasteiger partial charge in [-0.05, 0) is 77.0 Å². The number of rotatable bonds is 66. The highest BCUT2D eigenvalue weighted by Crippen LogP contribution is 2.33. The van der Waals surface area contributed by atoms with Crippen LogP contribution in [0.2, 0.25) is 0 Å². The van der Waals surface area contributed by atoms with Crippen LogP contribution >= 0.6 is 0 Å². The Labute approximate surface area is 634 Å². The van der Waals surface area contributed by atoms with Gasteiger partial charge in [0, 0.05) is 6.42 Å². The van der Waals surface area contributed by atoms with Gasteiger partial charge in [0.05, 0.1) is 38.6 Å². The lowest BCUT2D eigenvalue weighted by atomic mass is 9.96. The standard InChI is InChI=1S/C86H151NO18/c1-3-5-7-9-11-13-15-17-19-21-23-24-25-26-27-28-29-30-31-32-33-34-35-36-37-38-39-40-41-42-43-44-46-48-50-52-54-56-58-60-62-64-74(92)87-69(70(91)63-61-59-57-55-53-51-49-47-45-22-20-18-16-14-12-10-8-6-4-2)68-100-84-80(98)77(95)82(72(66-89)102-84)105-86-81(99)78(96)83(73(67-90)103-86)104-85-79(97)76(94)75(93)71(65-88)101-85/h5,7,11,13,17,19,23-24,26-27,29-30,32-33,35-36,69-73,75-86,88-91,93-99H,3-4,6,8-10,12,14-16,18,20-22,25,28,31,34,37-68H2,1-2H3,(H,87,92)/b7-5-,13-11-,19-17-,24-23-,27-26-,30-29-,33-32-,36-35-. The summed E-state index contributed by atoms with van der Waals surface area (Å²) in [5.74, 6) is -0.242. The molecule has 0 aromatic heterocycles. The first kappa shape index (κ1) is 95.9. The highest BCUT2D eigenvalue weighted by molar-refractivity contribution is 5.76. The van der Waals surface area contributed by atoms with Crippen molar-refractivity contribution in [3.63, 3.8) is 0 Å². The minimum atomic E-state index is -1.98. The predicted octanol–water partition coefficient (Wildman–Crippen LogP) is 14.7. The topological polar surface area (TPSA) is 307 Å². The van der Waals surface area contributed by atoms with Gasteiger partial charge in [-0.15, -0.1) is 0 Å². The molecule has 3 aliphatic rings. The van der Waals surface area contributed by atoms with Gasteiger partial charge in [0.2, 0.25) is 5.91 Å². The Morgan fingerprint density at radius 1 is 0.352 bits per heavy atom. The molecular formula is C86H151NO18. The molecule has 3 rings (SSSR count). The lowest BCUT2D eigenvalue weighted by molar-refractivity contribution is -0.379. The molecule has 608 valence electrons. The van der Waals surface area contributed by atoms with E-state index in [-0.39, 0.29) is 18.9 Å². The maximum absolute atomic E-state index is 13.5. The summed E-state index contributed by atoms with van der Waals surface area (Å²) >= 11 is 0. The van der Waals surface area contributed by atoms with Crippen molar-refractivity contribution in [2.45, 2.75) is 413 Å². The highest BCUT2D eigenvalue weighted by atomic mass is 16.8. The van der Waals surface area contributed by atoms with Crippen LogP contribution in [0.4, 0.5) is 0 Å². The summed E-state index contributed by atoms with van der Waals surface area (Å²) in [6.45, 7) is 1.71. The Morgan fingerprint density at radius 2 is 0.657 bits per heavy atom. The molecule has 0 aliphatic carbocycles. The average molecular weight is 1490 g/mol. The molecule has 0 spiro atoms. The van der Waals surface area contributed by atoms with E-state index < -0.39 is 124 Å². The van der Waals surface area contributed by atoms with E-state index in [1.165, 1.54) is 180 Å². The number of hydrogen-bond donors (Lipinski definition) is 12. The van der Waals surface area contributed by atoms with E-state index in [4.69, 9.17) is 28.4 Å². The van der Waals surface area contributed by atoms with Gasteiger partial charge < -0.3 is 89.9 Å². The summed E-state index contributed by atoms with van der Waals surface area (Å²) in [5, 5.41) is 121. The molecule has 3 aliphatic heterocycles. The van der Waals surface area contributed by atoms with E-state index in [1.807, 2.05) is 0 Å². The van der Waals surface area contributed by atoms with E-state index in [0.717, 1.165) is 96.3 Å². The smallest absolute Gasteiger partial charge is 0.220 e. The van der Waals surface area contributed by atoms with Crippen LogP contribution in [0, 0.1) is 0 Å². The summed E-state index contributed by atoms with van der Waals surface area (Å²) in [7, 11) is 0. The van der Waals surface area contributed by atoms with Gasteiger partial charge in [-0.25, -0.2) is 0 Å². The maximum atomic E-state index is 13.5. The van der Waals surface area contributed by atoms with Gasteiger partial charge in [-0.1, -0.05) is 323 Å². The summed E-state index contributed by atoms with van der Waals surface area (Å²) in [5.41, 5.74) is 0. The average Bonchev–Trinajstić information content (AvgIpc) is 0.781. The van der Waals surface area contributed by atoms with Gasteiger partial charge >= 0.3 is 0 Å². The van der Waals surface area contributed by atoms with E-state index in [0.29, 0.717) is 12.8 Å². The van der Waals surface area contributed by atoms with Crippen LogP contribution in [0.1, 0.15) is 309 Å². The Hall–Kier alpha value is -3.29. The lowest BCUT2D eigenvalue weighted by Crippen LogP contribution is -2.66. The van der Waals surface area contributed by atoms with Gasteiger partial charge in [-0.2, -0.15) is 0 Å². The molecule has 19 heteroatoms. The van der Waals surface area contributed by atoms with Crippen molar-refractivity contribution in [1.82, 2.24) is 5.32 Å². The van der Waals surface area contributed by atoms with Gasteiger partial charge in [-0.3, -0.25) is 4.79 Å². The number of amides is 1. The fraction of sp³-hybridized carbons (Fsp3) is 0.802. The number of carbonyl (C=O) groups is 1. The van der Waals surface area contributed by atoms with Gasteiger partial charge in [0.15, 0.2) is 18.9 Å². The largest absolute Gasteiger partial charge is 0.394 e. The molecule has 105 heavy (non-hydrogen) atoms. The van der Waals surface area contributed by atoms with Gasteiger partial charge in [0.25, 0.3) is 0 Å². The van der Waals surface area contributed by atoms with Crippen LogP contribution < -0.4 is 5.32 Å². The van der Waals surface area contributed by atoms with Crippen molar-refractivity contribution in [3.8, 4) is 0 Å². The van der Waals surface area contributed by atoms with Crippen molar-refractivity contribution in [3.05, 3.63) is 97.2 Å². The fourth-order valence-electron chi connectivity index (χ4n) is 13.7. The number of hydrogen-bond acceptors (Lipinski definition) is 18. The number of nitrogens with one attached hydrogen (secondary N) is 1. The number of carbonyl (C=O) groups excluding carboxylic acids is 1. The summed E-state index contributed by atoms with van der Waals surface area (Å²) in [6.07, 6.45) is 62.1. The van der Waals surface area contributed by atoms with Crippen LogP contribution in [0.25, 0.3) is 0 Å². The number of unbranched alkanes of at least 4 members (excludes halogenated alkanes) is 34. The zero-order valence-electron chi connectivity index (χ0n) is 65.2. The van der Waals surface area contributed by atoms with Crippen molar-refractivity contribution in [2.24, 2.45) is 0 Å². The van der Waals surface area contributed by atoms with Crippen LogP contribution in [-0.2, 0) is 33.2 Å². The van der Waals surface area contributed by atoms with Crippen LogP contribution in [0.15, 0.2) is 97.2 Å². The van der Waals surface area contributed by atoms with E-state index >= 15 is 0 Å². The molecule has 3 heterocycles. The van der Waals surface area contributed by atoms with Crippen LogP contribution in [0.5, 0.6) is 0 Å². The normalized spacial score (nSPS) is 26.3. The second kappa shape index (κ2) is 65.4. The first-order valence-electron chi connectivity index (χ1n) is 42.0. The second-order valence-corrected chi connectivity index (χ2v) is 29.6. The molecule has 3 fully saturated rings. The highest BCUT2D eigenvalue weighted by Gasteiger charge is 2.54. The SMILES string of the molecule is CC/C=C\C/C=C\C/C=C\C/C=C\C/C=C\C/C=C\C/C=C\C/C=C\CCCCCCCCCCCCCCCCCCC(=O)NC(COC1OC(CO)C(OC2OC(CO)C(OC3OC(CO)C(O)C(O)C3O)C(O)C2O)C(O)C1O)C(O)CCCCCCCCCCCCCCCCCCCCC. The Balaban J connectivity index is 1.31. The van der Waals surface area contributed by atoms with E-state index in [9.17, 15) is 61.0 Å². The van der Waals surface area contributed by atoms with E-state index in [2.05, 4.69) is 116 Å². The third kappa shape index (κ3) is 45.0. The minimum Gasteiger partial charge on any atom is -0.394 e. The number of allylic oxidation sites excluding steroid dienone is 16. The van der Waals surface area contributed by atoms with Crippen LogP contribution in [0.3, 0.4) is 0 Å². The van der Waals surface area contributed by atoms with Gasteiger partial charge in [0.1, 0.15) is 73.2 Å². The number of ether oxygens (including phenoxy) is 6. The molecule has 0 aromatic carbocycles. The predicted molar refractivity (Wildman–Crippen MR) is 420 cm³/mol. The zero-order valence-corrected chi connectivity index (χ0v) is 65.2. The first-order valence-corrected chi connectivity index (χ1v) is 42.0. The summed E-state index contributed by atoms with van der Waals surface area (Å²) in [4.78, 5) is 13.5. The van der Waals surface area contributed by atoms with Crippen LogP contribution in [-0.4, -0.2) is 193 Å². The lowest BCUT2D eigenvalue weighted by Gasteiger charge is -2.48. The van der Waals surface area contributed by atoms with Crippen molar-refractivity contribution in [2.75, 3.05) is 26.4 Å². The van der Waals surface area contributed by atoms with Crippen molar-refractivity contribution >= 4 is 5.91 Å². The Bertz CT molecular complexity index is 2270. The molecule has 0 bridgehead atoms. The third-order valence-corrected chi connectivity index (χ3v) is 20.4. The van der Waals surface area contributed by atoms with E-state index in [1.54, 1.807) is 0 Å². The number of aliphatic hydroxyl groups excluding tert-OH is 11. The number of aliphatic hydroxyl groups is 11. The summed E-state index contributed by atoms with van der Waals surface area (Å²) < 4.78 is 34.5. The molecule has 0 saturated carbocycles. The maximum Gasteiger partial charge on any atom is 0.220 e. The summed E-state index contributed by atoms with van der Waals surface area (Å²) in [6, 6.07) is -0.892. The molecule has 17 atom stereocenters. The molecule has 3 saturated heterocycles. The fourth-order valence-corrected chi connectivity index (χ4v) is 13.7. The molecule has 12 N–H and O–H groups in total. The molecule has 0 radical (unpaired) electrons. The third-order valence-electron chi connectivity index (χ3n) is 20.4. The quantitative estimate of drug-likeness (QED) is 0.0199. The molecule has 17 unspecified atom stereocenters. The molecule has 0 aromatic rings. The molecular weight excluding hydrogens is 1330 g/mol. The first-order chi connectivity index (χ1) is 51.3. The Morgan fingerprint density at radius 3 is 1.03 bits per heavy atom.